The van der Waals surface area contributed by atoms with Crippen LogP contribution in [0.3, 0.4) is 0 Å². The molecule has 0 radical (unpaired) electrons. The first kappa shape index (κ1) is 19.4. The predicted octanol–water partition coefficient (Wildman–Crippen LogP) is 3.06. The molecule has 0 saturated carbocycles. The van der Waals surface area contributed by atoms with E-state index in [4.69, 9.17) is 4.42 Å². The van der Waals surface area contributed by atoms with Crippen LogP contribution in [0, 0.1) is 0 Å². The van der Waals surface area contributed by atoms with Gasteiger partial charge in [-0.25, -0.2) is 4.98 Å². The normalized spacial score (nSPS) is 14.0. The third-order valence-corrected chi connectivity index (χ3v) is 5.79. The van der Waals surface area contributed by atoms with Crippen molar-refractivity contribution >= 4 is 11.0 Å². The summed E-state index contributed by atoms with van der Waals surface area (Å²) in [7, 11) is 0. The van der Waals surface area contributed by atoms with Crippen LogP contribution in [0.5, 0.6) is 0 Å². The zero-order valence-corrected chi connectivity index (χ0v) is 17.2. The largest absolute Gasteiger partial charge is 0.464 e. The van der Waals surface area contributed by atoms with Crippen molar-refractivity contribution in [3.8, 4) is 11.4 Å². The monoisotopic (exact) mass is 414 g/mol. The van der Waals surface area contributed by atoms with Gasteiger partial charge >= 0.3 is 0 Å². The molecule has 1 N–H and O–H groups in total. The summed E-state index contributed by atoms with van der Waals surface area (Å²) in [4.78, 5) is 39.5. The Morgan fingerprint density at radius 2 is 2.13 bits per heavy atom. The van der Waals surface area contributed by atoms with Gasteiger partial charge in [0.25, 0.3) is 5.56 Å². The van der Waals surface area contributed by atoms with Crippen molar-refractivity contribution in [2.45, 2.75) is 32.9 Å². The van der Waals surface area contributed by atoms with Crippen molar-refractivity contribution in [1.29, 1.82) is 0 Å². The number of nitrogens with one attached hydrogen (secondary N) is 1. The summed E-state index contributed by atoms with van der Waals surface area (Å²) in [5.41, 5.74) is 4.37. The van der Waals surface area contributed by atoms with E-state index in [1.807, 2.05) is 30.3 Å². The van der Waals surface area contributed by atoms with E-state index >= 15 is 0 Å². The fraction of sp³-hybridized carbons (Fsp3) is 0.250. The molecular weight excluding hydrogens is 392 g/mol. The number of hydrogen-bond donors (Lipinski definition) is 1. The smallest absolute Gasteiger partial charge is 0.255 e. The maximum atomic E-state index is 13.0. The van der Waals surface area contributed by atoms with Gasteiger partial charge in [0.05, 0.1) is 22.9 Å². The van der Waals surface area contributed by atoms with E-state index in [1.165, 1.54) is 0 Å². The number of H-pyrrole nitrogens is 1. The average molecular weight is 414 g/mol. The van der Waals surface area contributed by atoms with E-state index in [0.29, 0.717) is 54.0 Å². The molecule has 0 spiro atoms. The Labute approximate surface area is 178 Å². The zero-order chi connectivity index (χ0) is 21.4. The average Bonchev–Trinajstić information content (AvgIpc) is 2.81. The molecule has 0 saturated heterocycles. The number of hydrogen-bond acceptors (Lipinski definition) is 6. The number of rotatable bonds is 4. The predicted molar refractivity (Wildman–Crippen MR) is 118 cm³/mol. The highest BCUT2D eigenvalue weighted by atomic mass is 16.3. The molecular formula is C24H22N4O3. The van der Waals surface area contributed by atoms with Gasteiger partial charge < -0.3 is 9.40 Å². The van der Waals surface area contributed by atoms with Crippen LogP contribution >= 0.6 is 0 Å². The molecule has 1 aliphatic rings. The summed E-state index contributed by atoms with van der Waals surface area (Å²) in [5, 5.41) is 0.606. The number of fused-ring (bicyclic) bond motifs is 2. The van der Waals surface area contributed by atoms with Crippen molar-refractivity contribution in [2.75, 3.05) is 6.54 Å². The Balaban J connectivity index is 1.42. The van der Waals surface area contributed by atoms with Gasteiger partial charge in [-0.05, 0) is 36.2 Å². The van der Waals surface area contributed by atoms with Crippen molar-refractivity contribution in [3.63, 3.8) is 0 Å². The summed E-state index contributed by atoms with van der Waals surface area (Å²) in [5.74, 6) is 0.534. The molecule has 1 aliphatic heterocycles. The summed E-state index contributed by atoms with van der Waals surface area (Å²) in [6.07, 6.45) is 6.41. The quantitative estimate of drug-likeness (QED) is 0.552. The van der Waals surface area contributed by atoms with Crippen LogP contribution in [-0.4, -0.2) is 26.4 Å². The van der Waals surface area contributed by atoms with Crippen LogP contribution in [0.15, 0.2) is 63.0 Å². The number of pyridine rings is 1. The molecule has 0 atom stereocenters. The fourth-order valence-corrected chi connectivity index (χ4v) is 4.04. The molecule has 7 nitrogen and oxygen atoms in total. The molecule has 4 aromatic rings. The number of benzene rings is 1. The fourth-order valence-electron chi connectivity index (χ4n) is 4.04. The number of aryl methyl sites for hydroxylation is 1. The lowest BCUT2D eigenvalue weighted by molar-refractivity contribution is 0.239. The van der Waals surface area contributed by atoms with E-state index < -0.39 is 0 Å². The second-order valence-electron chi connectivity index (χ2n) is 7.82. The summed E-state index contributed by atoms with van der Waals surface area (Å²) >= 11 is 0. The molecule has 0 unspecified atom stereocenters. The molecule has 5 rings (SSSR count). The highest BCUT2D eigenvalue weighted by molar-refractivity contribution is 5.77. The minimum Gasteiger partial charge on any atom is -0.464 e. The minimum atomic E-state index is -0.147. The maximum Gasteiger partial charge on any atom is 0.255 e. The van der Waals surface area contributed by atoms with Crippen LogP contribution in [-0.2, 0) is 25.9 Å². The highest BCUT2D eigenvalue weighted by Crippen LogP contribution is 2.20. The number of aromatic amines is 1. The third-order valence-electron chi connectivity index (χ3n) is 5.79. The Morgan fingerprint density at radius 3 is 2.94 bits per heavy atom. The first-order valence-corrected chi connectivity index (χ1v) is 10.4. The van der Waals surface area contributed by atoms with Crippen LogP contribution in [0.1, 0.15) is 29.3 Å². The lowest BCUT2D eigenvalue weighted by atomic mass is 10.0. The van der Waals surface area contributed by atoms with Gasteiger partial charge in [-0.2, -0.15) is 0 Å². The van der Waals surface area contributed by atoms with Crippen LogP contribution in [0.25, 0.3) is 22.4 Å². The maximum absolute atomic E-state index is 13.0. The number of aromatic nitrogens is 3. The van der Waals surface area contributed by atoms with Gasteiger partial charge in [0.1, 0.15) is 11.4 Å². The third kappa shape index (κ3) is 3.68. The molecule has 0 amide bonds. The van der Waals surface area contributed by atoms with E-state index in [0.717, 1.165) is 23.2 Å². The van der Waals surface area contributed by atoms with Gasteiger partial charge in [-0.1, -0.05) is 13.0 Å². The van der Waals surface area contributed by atoms with Crippen molar-refractivity contribution < 1.29 is 4.42 Å². The molecule has 0 bridgehead atoms. The second kappa shape index (κ2) is 7.92. The molecule has 3 aromatic heterocycles. The molecule has 7 heteroatoms. The first-order valence-electron chi connectivity index (χ1n) is 10.4. The van der Waals surface area contributed by atoms with Crippen LogP contribution in [0.2, 0.25) is 0 Å². The molecule has 156 valence electrons. The molecule has 0 aliphatic carbocycles. The number of nitrogens with zero attached hydrogens (tertiary/aromatic N) is 3. The molecule has 1 aromatic carbocycles. The Morgan fingerprint density at radius 1 is 1.23 bits per heavy atom. The topological polar surface area (TPSA) is 92.1 Å². The van der Waals surface area contributed by atoms with Crippen molar-refractivity contribution in [3.05, 3.63) is 92.0 Å². The van der Waals surface area contributed by atoms with Crippen molar-refractivity contribution in [2.24, 2.45) is 0 Å². The van der Waals surface area contributed by atoms with Gasteiger partial charge in [0.15, 0.2) is 5.43 Å². The van der Waals surface area contributed by atoms with E-state index in [2.05, 4.69) is 26.8 Å². The van der Waals surface area contributed by atoms with Gasteiger partial charge in [-0.3, -0.25) is 19.5 Å². The van der Waals surface area contributed by atoms with E-state index in [-0.39, 0.29) is 11.0 Å². The van der Waals surface area contributed by atoms with Gasteiger partial charge in [0, 0.05) is 49.6 Å². The first-order chi connectivity index (χ1) is 15.1. The molecule has 0 fully saturated rings. The van der Waals surface area contributed by atoms with Crippen LogP contribution in [0.4, 0.5) is 0 Å². The van der Waals surface area contributed by atoms with Gasteiger partial charge in [0.2, 0.25) is 0 Å². The Kier molecular flexibility index (Phi) is 4.95. The Bertz CT molecular complexity index is 1380. The molecule has 31 heavy (non-hydrogen) atoms. The Hall–Kier alpha value is -3.58. The summed E-state index contributed by atoms with van der Waals surface area (Å²) < 4.78 is 5.71. The van der Waals surface area contributed by atoms with Crippen molar-refractivity contribution in [1.82, 2.24) is 19.9 Å². The van der Waals surface area contributed by atoms with Gasteiger partial charge in [-0.15, -0.1) is 0 Å². The lowest BCUT2D eigenvalue weighted by Gasteiger charge is -2.27. The van der Waals surface area contributed by atoms with E-state index in [1.54, 1.807) is 18.7 Å². The van der Waals surface area contributed by atoms with Crippen LogP contribution < -0.4 is 11.0 Å². The highest BCUT2D eigenvalue weighted by Gasteiger charge is 2.23. The summed E-state index contributed by atoms with van der Waals surface area (Å²) in [6, 6.07) is 9.42. The van der Waals surface area contributed by atoms with E-state index in [9.17, 15) is 9.59 Å². The lowest BCUT2D eigenvalue weighted by Crippen LogP contribution is -2.36. The SMILES string of the molecule is CCc1ccc2occ(CN3CCc4nc(-c5cccnc5)[nH]c(=O)c4C3)c(=O)c2c1. The standard InChI is InChI=1S/C24H22N4O3/c1-2-15-5-6-21-18(10-15)22(29)17(14-31-21)12-28-9-7-20-19(13-28)24(30)27-23(26-20)16-4-3-8-25-11-16/h3-6,8,10-11,14H,2,7,9,12-13H2,1H3,(H,26,27,30). The molecule has 4 heterocycles. The zero-order valence-electron chi connectivity index (χ0n) is 17.2. The minimum absolute atomic E-state index is 0.0127. The summed E-state index contributed by atoms with van der Waals surface area (Å²) in [6.45, 7) is 3.64. The second-order valence-corrected chi connectivity index (χ2v) is 7.82.